The van der Waals surface area contributed by atoms with Gasteiger partial charge in [-0.1, -0.05) is 12.1 Å². The Morgan fingerprint density at radius 1 is 1.10 bits per heavy atom. The summed E-state index contributed by atoms with van der Waals surface area (Å²) < 4.78 is 17.7. The third-order valence-electron chi connectivity index (χ3n) is 4.55. The molecule has 154 valence electrons. The van der Waals surface area contributed by atoms with E-state index in [9.17, 15) is 23.9 Å². The lowest BCUT2D eigenvalue weighted by Gasteiger charge is -2.16. The Hall–Kier alpha value is -4.01. The van der Waals surface area contributed by atoms with Crippen LogP contribution in [0.2, 0.25) is 0 Å². The van der Waals surface area contributed by atoms with Crippen molar-refractivity contribution in [1.29, 1.82) is 0 Å². The van der Waals surface area contributed by atoms with Crippen LogP contribution in [-0.4, -0.2) is 52.2 Å². The summed E-state index contributed by atoms with van der Waals surface area (Å²) in [6.07, 6.45) is 0.309. The van der Waals surface area contributed by atoms with Crippen molar-refractivity contribution < 1.29 is 33.7 Å². The third kappa shape index (κ3) is 3.90. The highest BCUT2D eigenvalue weighted by atomic mass is 19.1. The van der Waals surface area contributed by atoms with Crippen molar-refractivity contribution in [2.45, 2.75) is 6.42 Å². The number of esters is 1. The molecular formula is C21H17FN2O6. The van der Waals surface area contributed by atoms with Gasteiger partial charge in [-0.15, -0.1) is 0 Å². The van der Waals surface area contributed by atoms with Crippen molar-refractivity contribution in [3.8, 4) is 5.75 Å². The number of aromatic nitrogens is 1. The molecule has 1 aromatic heterocycles. The van der Waals surface area contributed by atoms with Gasteiger partial charge in [0.05, 0.1) is 12.7 Å². The van der Waals surface area contributed by atoms with Crippen LogP contribution in [0.15, 0.2) is 42.6 Å². The molecule has 0 aliphatic heterocycles. The van der Waals surface area contributed by atoms with Crippen molar-refractivity contribution in [3.63, 3.8) is 0 Å². The zero-order chi connectivity index (χ0) is 22.0. The average molecular weight is 412 g/mol. The van der Waals surface area contributed by atoms with E-state index in [1.807, 2.05) is 0 Å². The van der Waals surface area contributed by atoms with Crippen molar-refractivity contribution in [2.75, 3.05) is 14.2 Å². The molecule has 1 heterocycles. The van der Waals surface area contributed by atoms with Crippen molar-refractivity contribution >= 4 is 28.9 Å². The summed E-state index contributed by atoms with van der Waals surface area (Å²) in [5.41, 5.74) is 0.908. The van der Waals surface area contributed by atoms with E-state index in [0.29, 0.717) is 16.9 Å². The van der Waals surface area contributed by atoms with Gasteiger partial charge in [-0.05, 0) is 41.8 Å². The SMILES string of the molecule is COC(=O)c1cc(C(=O)N(C)C(=O)O)c2cc(Cc3ccc(F)cc3)cnc2c1O. The van der Waals surface area contributed by atoms with Crippen molar-refractivity contribution in [2.24, 2.45) is 0 Å². The second-order valence-corrected chi connectivity index (χ2v) is 6.50. The van der Waals surface area contributed by atoms with E-state index < -0.39 is 23.7 Å². The Labute approximate surface area is 170 Å². The van der Waals surface area contributed by atoms with Crippen molar-refractivity contribution in [1.82, 2.24) is 9.88 Å². The van der Waals surface area contributed by atoms with Crippen LogP contribution in [0.5, 0.6) is 5.75 Å². The van der Waals surface area contributed by atoms with Gasteiger partial charge in [0.1, 0.15) is 16.9 Å². The van der Waals surface area contributed by atoms with E-state index in [0.717, 1.165) is 25.8 Å². The second kappa shape index (κ2) is 8.16. The number of carbonyl (C=O) groups excluding carboxylic acids is 2. The molecule has 0 aliphatic carbocycles. The lowest BCUT2D eigenvalue weighted by Crippen LogP contribution is -2.32. The summed E-state index contributed by atoms with van der Waals surface area (Å²) in [5, 5.41) is 19.8. The Kier molecular flexibility index (Phi) is 5.63. The Morgan fingerprint density at radius 2 is 1.77 bits per heavy atom. The van der Waals surface area contributed by atoms with Crippen LogP contribution in [-0.2, 0) is 11.2 Å². The number of nitrogens with zero attached hydrogens (tertiary/aromatic N) is 2. The van der Waals surface area contributed by atoms with E-state index in [1.165, 1.54) is 18.3 Å². The number of methoxy groups -OCH3 is 1. The van der Waals surface area contributed by atoms with Crippen LogP contribution in [0.1, 0.15) is 31.8 Å². The fourth-order valence-electron chi connectivity index (χ4n) is 2.96. The standard InChI is InChI=1S/C21H17FN2O6/c1-24(21(28)29)19(26)15-9-16(20(27)30-2)18(25)17-14(15)8-12(10-23-17)7-11-3-5-13(22)6-4-11/h3-6,8-10,25H,7H2,1-2H3,(H,28,29). The fraction of sp³-hybridized carbons (Fsp3) is 0.143. The molecule has 2 aromatic carbocycles. The quantitative estimate of drug-likeness (QED) is 0.632. The van der Waals surface area contributed by atoms with Gasteiger partial charge in [-0.2, -0.15) is 0 Å². The zero-order valence-electron chi connectivity index (χ0n) is 16.0. The predicted octanol–water partition coefficient (Wildman–Crippen LogP) is 3.21. The van der Waals surface area contributed by atoms with Crippen LogP contribution >= 0.6 is 0 Å². The number of fused-ring (bicyclic) bond motifs is 1. The number of phenolic OH excluding ortho intramolecular Hbond substituents is 1. The molecule has 0 fully saturated rings. The number of amides is 2. The molecule has 3 aromatic rings. The van der Waals surface area contributed by atoms with Gasteiger partial charge in [-0.25, -0.2) is 18.9 Å². The highest BCUT2D eigenvalue weighted by Gasteiger charge is 2.26. The molecule has 0 atom stereocenters. The molecule has 3 rings (SSSR count). The van der Waals surface area contributed by atoms with Gasteiger partial charge >= 0.3 is 12.1 Å². The highest BCUT2D eigenvalue weighted by molar-refractivity contribution is 6.14. The normalized spacial score (nSPS) is 10.6. The molecule has 9 heteroatoms. The summed E-state index contributed by atoms with van der Waals surface area (Å²) in [7, 11) is 2.17. The lowest BCUT2D eigenvalue weighted by molar-refractivity contribution is 0.0597. The fourth-order valence-corrected chi connectivity index (χ4v) is 2.96. The van der Waals surface area contributed by atoms with Gasteiger partial charge < -0.3 is 14.9 Å². The van der Waals surface area contributed by atoms with Crippen LogP contribution in [0.3, 0.4) is 0 Å². The first-order valence-electron chi connectivity index (χ1n) is 8.71. The number of rotatable bonds is 4. The Morgan fingerprint density at radius 3 is 2.37 bits per heavy atom. The molecule has 0 saturated carbocycles. The minimum Gasteiger partial charge on any atom is -0.505 e. The third-order valence-corrected chi connectivity index (χ3v) is 4.55. The number of hydrogen-bond donors (Lipinski definition) is 2. The number of aromatic hydroxyl groups is 1. The number of carbonyl (C=O) groups is 3. The average Bonchev–Trinajstić information content (AvgIpc) is 2.74. The molecule has 0 saturated heterocycles. The summed E-state index contributed by atoms with van der Waals surface area (Å²) in [5.74, 6) is -2.67. The molecule has 0 aliphatic rings. The minimum atomic E-state index is -1.49. The minimum absolute atomic E-state index is 0.0529. The second-order valence-electron chi connectivity index (χ2n) is 6.50. The van der Waals surface area contributed by atoms with E-state index in [4.69, 9.17) is 5.11 Å². The highest BCUT2D eigenvalue weighted by Crippen LogP contribution is 2.32. The summed E-state index contributed by atoms with van der Waals surface area (Å²) in [6, 6.07) is 8.47. The molecule has 0 unspecified atom stereocenters. The van der Waals surface area contributed by atoms with Gasteiger partial charge in [0.15, 0.2) is 5.75 Å². The number of ether oxygens (including phenoxy) is 1. The smallest absolute Gasteiger partial charge is 0.414 e. The summed E-state index contributed by atoms with van der Waals surface area (Å²) in [4.78, 5) is 40.6. The lowest BCUT2D eigenvalue weighted by atomic mass is 9.98. The van der Waals surface area contributed by atoms with Gasteiger partial charge in [-0.3, -0.25) is 9.78 Å². The number of pyridine rings is 1. The van der Waals surface area contributed by atoms with Crippen LogP contribution in [0, 0.1) is 5.82 Å². The van der Waals surface area contributed by atoms with Crippen LogP contribution < -0.4 is 0 Å². The summed E-state index contributed by atoms with van der Waals surface area (Å²) >= 11 is 0. The molecule has 8 nitrogen and oxygen atoms in total. The molecule has 2 amide bonds. The predicted molar refractivity (Wildman–Crippen MR) is 104 cm³/mol. The Balaban J connectivity index is 2.19. The largest absolute Gasteiger partial charge is 0.505 e. The summed E-state index contributed by atoms with van der Waals surface area (Å²) in [6.45, 7) is 0. The van der Waals surface area contributed by atoms with E-state index in [-0.39, 0.29) is 27.8 Å². The van der Waals surface area contributed by atoms with E-state index >= 15 is 0 Å². The molecule has 0 radical (unpaired) electrons. The number of benzene rings is 2. The maximum Gasteiger partial charge on any atom is 0.414 e. The number of carboxylic acid groups (broad SMARTS) is 1. The van der Waals surface area contributed by atoms with Gasteiger partial charge in [0, 0.05) is 18.6 Å². The number of hydrogen-bond acceptors (Lipinski definition) is 6. The van der Waals surface area contributed by atoms with Gasteiger partial charge in [0.25, 0.3) is 5.91 Å². The molecule has 0 spiro atoms. The first-order chi connectivity index (χ1) is 14.2. The maximum absolute atomic E-state index is 13.1. The first kappa shape index (κ1) is 20.7. The molecule has 2 N–H and O–H groups in total. The molecule has 30 heavy (non-hydrogen) atoms. The van der Waals surface area contributed by atoms with Crippen LogP contribution in [0.4, 0.5) is 9.18 Å². The maximum atomic E-state index is 13.1. The first-order valence-corrected chi connectivity index (χ1v) is 8.71. The number of halogens is 1. The zero-order valence-corrected chi connectivity index (χ0v) is 16.0. The van der Waals surface area contributed by atoms with E-state index in [1.54, 1.807) is 18.2 Å². The van der Waals surface area contributed by atoms with E-state index in [2.05, 4.69) is 9.72 Å². The number of phenols is 1. The Bertz CT molecular complexity index is 1160. The van der Waals surface area contributed by atoms with Gasteiger partial charge in [0.2, 0.25) is 0 Å². The van der Waals surface area contributed by atoms with Crippen molar-refractivity contribution in [3.05, 3.63) is 70.7 Å². The molecular weight excluding hydrogens is 395 g/mol. The van der Waals surface area contributed by atoms with Crippen LogP contribution in [0.25, 0.3) is 10.9 Å². The monoisotopic (exact) mass is 412 g/mol. The molecule has 0 bridgehead atoms. The topological polar surface area (TPSA) is 117 Å². The number of imide groups is 1.